The molecule has 0 fully saturated rings. The van der Waals surface area contributed by atoms with E-state index in [9.17, 15) is 18.0 Å². The van der Waals surface area contributed by atoms with Crippen molar-refractivity contribution >= 4 is 23.2 Å². The van der Waals surface area contributed by atoms with Crippen molar-refractivity contribution in [2.45, 2.75) is 19.0 Å². The van der Waals surface area contributed by atoms with E-state index in [4.69, 9.17) is 4.74 Å². The molecular formula is C29H22F4N4O3. The molecule has 1 N–H and O–H groups in total. The van der Waals surface area contributed by atoms with Gasteiger partial charge >= 0.3 is 6.18 Å². The molecule has 1 aliphatic rings. The molecule has 1 aliphatic carbocycles. The third-order valence-electron chi connectivity index (χ3n) is 6.35. The Balaban J connectivity index is 1.30. The van der Waals surface area contributed by atoms with Crippen LogP contribution in [0.4, 0.5) is 23.2 Å². The zero-order chi connectivity index (χ0) is 28.4. The highest BCUT2D eigenvalue weighted by atomic mass is 19.4. The number of methoxy groups -OCH3 is 2. The third-order valence-corrected chi connectivity index (χ3v) is 6.35. The van der Waals surface area contributed by atoms with Gasteiger partial charge in [-0.2, -0.15) is 13.2 Å². The number of ether oxygens (including phenoxy) is 2. The maximum absolute atomic E-state index is 15.1. The molecule has 1 amide bonds. The molecule has 0 atom stereocenters. The van der Waals surface area contributed by atoms with Crippen LogP contribution in [0.5, 0.6) is 11.8 Å². The topological polar surface area (TPSA) is 86.2 Å². The van der Waals surface area contributed by atoms with E-state index in [-0.39, 0.29) is 12.1 Å². The van der Waals surface area contributed by atoms with E-state index < -0.39 is 29.3 Å². The molecule has 3 heterocycles. The van der Waals surface area contributed by atoms with Gasteiger partial charge in [0.1, 0.15) is 11.4 Å². The molecule has 0 spiro atoms. The van der Waals surface area contributed by atoms with Gasteiger partial charge in [0.25, 0.3) is 0 Å². The molecule has 11 heteroatoms. The fourth-order valence-corrected chi connectivity index (χ4v) is 4.41. The average molecular weight is 551 g/mol. The number of fused-ring (bicyclic) bond motifs is 1. The predicted octanol–water partition coefficient (Wildman–Crippen LogP) is 5.99. The van der Waals surface area contributed by atoms with Gasteiger partial charge in [0.05, 0.1) is 38.2 Å². The predicted molar refractivity (Wildman–Crippen MR) is 140 cm³/mol. The van der Waals surface area contributed by atoms with Gasteiger partial charge in [-0.3, -0.25) is 9.78 Å². The highest BCUT2D eigenvalue weighted by molar-refractivity contribution is 5.92. The number of hydrogen-bond donors (Lipinski definition) is 1. The quantitative estimate of drug-likeness (QED) is 0.285. The minimum absolute atomic E-state index is 0.155. The van der Waals surface area contributed by atoms with E-state index >= 15 is 4.39 Å². The van der Waals surface area contributed by atoms with Gasteiger partial charge in [-0.15, -0.1) is 0 Å². The molecule has 0 aliphatic heterocycles. The molecule has 0 saturated carbocycles. The second kappa shape index (κ2) is 10.8. The van der Waals surface area contributed by atoms with Crippen LogP contribution >= 0.6 is 0 Å². The Kier molecular flexibility index (Phi) is 7.20. The van der Waals surface area contributed by atoms with Crippen molar-refractivity contribution in [3.63, 3.8) is 0 Å². The lowest BCUT2D eigenvalue weighted by Crippen LogP contribution is -2.16. The lowest BCUT2D eigenvalue weighted by atomic mass is 10.0. The van der Waals surface area contributed by atoms with Crippen molar-refractivity contribution in [3.8, 4) is 22.9 Å². The van der Waals surface area contributed by atoms with Gasteiger partial charge in [-0.1, -0.05) is 12.1 Å². The Bertz CT molecular complexity index is 1620. The molecule has 0 radical (unpaired) electrons. The number of carbonyl (C=O) groups is 1. The Morgan fingerprint density at radius 3 is 2.42 bits per heavy atom. The van der Waals surface area contributed by atoms with E-state index in [0.29, 0.717) is 29.0 Å². The number of alkyl halides is 3. The van der Waals surface area contributed by atoms with Crippen molar-refractivity contribution in [2.24, 2.45) is 0 Å². The summed E-state index contributed by atoms with van der Waals surface area (Å²) >= 11 is 0. The minimum Gasteiger partial charge on any atom is -0.481 e. The van der Waals surface area contributed by atoms with E-state index in [2.05, 4.69) is 25.0 Å². The van der Waals surface area contributed by atoms with Gasteiger partial charge in [0, 0.05) is 36.0 Å². The van der Waals surface area contributed by atoms with E-state index in [0.717, 1.165) is 41.8 Å². The first-order chi connectivity index (χ1) is 19.1. The van der Waals surface area contributed by atoms with Crippen LogP contribution in [0.15, 0.2) is 61.1 Å². The standard InChI is InChI=1S/C29H22F4N4O3/c1-39-27-6-4-17(13-35-27)18-9-19-10-20(14-34-25(19)11-18)22-5-3-16(7-24(22)30)8-26(38)37-21-12-23(29(31,32)33)28(40-2)36-15-21/h3-7,9-10,12-15H,8,11H2,1-2H3,(H,37,38). The molecule has 0 unspecified atom stereocenters. The number of anilines is 1. The molecule has 204 valence electrons. The Labute approximate surface area is 226 Å². The largest absolute Gasteiger partial charge is 0.481 e. The Morgan fingerprint density at radius 1 is 0.950 bits per heavy atom. The van der Waals surface area contributed by atoms with Crippen LogP contribution < -0.4 is 14.8 Å². The summed E-state index contributed by atoms with van der Waals surface area (Å²) in [5.41, 5.74) is 3.66. The first-order valence-corrected chi connectivity index (χ1v) is 12.0. The summed E-state index contributed by atoms with van der Waals surface area (Å²) in [5.74, 6) is -1.27. The van der Waals surface area contributed by atoms with Crippen LogP contribution in [-0.4, -0.2) is 35.1 Å². The fraction of sp³-hybridized carbons (Fsp3) is 0.172. The smallest absolute Gasteiger partial charge is 0.421 e. The molecule has 1 aromatic carbocycles. The number of halogens is 4. The monoisotopic (exact) mass is 550 g/mol. The van der Waals surface area contributed by atoms with Gasteiger partial charge in [-0.05, 0) is 52.6 Å². The summed E-state index contributed by atoms with van der Waals surface area (Å²) in [7, 11) is 2.62. The summed E-state index contributed by atoms with van der Waals surface area (Å²) in [4.78, 5) is 24.8. The van der Waals surface area contributed by atoms with Crippen LogP contribution in [0.25, 0.3) is 22.8 Å². The van der Waals surface area contributed by atoms with Crippen molar-refractivity contribution in [1.29, 1.82) is 0 Å². The number of nitrogens with zero attached hydrogens (tertiary/aromatic N) is 3. The zero-order valence-electron chi connectivity index (χ0n) is 21.3. The fourth-order valence-electron chi connectivity index (χ4n) is 4.41. The maximum atomic E-state index is 15.1. The third kappa shape index (κ3) is 5.63. The van der Waals surface area contributed by atoms with Crippen LogP contribution in [0.3, 0.4) is 0 Å². The number of carbonyl (C=O) groups excluding carboxylic acids is 1. The average Bonchev–Trinajstić information content (AvgIpc) is 3.36. The first-order valence-electron chi connectivity index (χ1n) is 12.0. The van der Waals surface area contributed by atoms with Crippen molar-refractivity contribution < 1.29 is 31.8 Å². The summed E-state index contributed by atoms with van der Waals surface area (Å²) in [6, 6.07) is 10.6. The van der Waals surface area contributed by atoms with Crippen LogP contribution in [0.1, 0.15) is 27.9 Å². The second-order valence-corrected chi connectivity index (χ2v) is 9.01. The lowest BCUT2D eigenvalue weighted by molar-refractivity contribution is -0.139. The number of allylic oxidation sites excluding steroid dienone is 1. The molecule has 0 saturated heterocycles. The molecule has 3 aromatic heterocycles. The van der Waals surface area contributed by atoms with Gasteiger partial charge in [0.15, 0.2) is 0 Å². The summed E-state index contributed by atoms with van der Waals surface area (Å²) in [5, 5.41) is 2.36. The second-order valence-electron chi connectivity index (χ2n) is 9.01. The van der Waals surface area contributed by atoms with Crippen molar-refractivity contribution in [3.05, 3.63) is 94.8 Å². The number of benzene rings is 1. The molecular weight excluding hydrogens is 528 g/mol. The minimum atomic E-state index is -4.71. The molecule has 5 rings (SSSR count). The molecule has 40 heavy (non-hydrogen) atoms. The van der Waals surface area contributed by atoms with Crippen LogP contribution in [-0.2, 0) is 23.8 Å². The number of nitrogens with one attached hydrogen (secondary N) is 1. The summed E-state index contributed by atoms with van der Waals surface area (Å²) in [6.07, 6.45) is 2.03. The Hall–Kier alpha value is -4.80. The highest BCUT2D eigenvalue weighted by Crippen LogP contribution is 2.37. The number of amides is 1. The Morgan fingerprint density at radius 2 is 1.75 bits per heavy atom. The van der Waals surface area contributed by atoms with Crippen LogP contribution in [0.2, 0.25) is 0 Å². The highest BCUT2D eigenvalue weighted by Gasteiger charge is 2.35. The van der Waals surface area contributed by atoms with Gasteiger partial charge in [0.2, 0.25) is 17.7 Å². The SMILES string of the molecule is COc1ccc(C2=Cc3cc(-c4ccc(CC(=O)Nc5cnc(OC)c(C(F)(F)F)c5)cc4F)cnc3C2)cn1. The first kappa shape index (κ1) is 26.8. The summed E-state index contributed by atoms with van der Waals surface area (Å²) in [6.45, 7) is 0. The maximum Gasteiger partial charge on any atom is 0.421 e. The summed E-state index contributed by atoms with van der Waals surface area (Å²) < 4.78 is 64.5. The molecule has 4 aromatic rings. The van der Waals surface area contributed by atoms with Gasteiger partial charge < -0.3 is 14.8 Å². The van der Waals surface area contributed by atoms with Crippen LogP contribution in [0, 0.1) is 5.82 Å². The molecule has 7 nitrogen and oxygen atoms in total. The molecule has 0 bridgehead atoms. The van der Waals surface area contributed by atoms with Crippen molar-refractivity contribution in [2.75, 3.05) is 19.5 Å². The number of pyridine rings is 3. The number of rotatable bonds is 7. The van der Waals surface area contributed by atoms with Crippen molar-refractivity contribution in [1.82, 2.24) is 15.0 Å². The van der Waals surface area contributed by atoms with E-state index in [1.54, 1.807) is 37.7 Å². The number of aromatic nitrogens is 3. The van der Waals surface area contributed by atoms with E-state index in [1.807, 2.05) is 18.2 Å². The normalized spacial score (nSPS) is 12.5. The zero-order valence-corrected chi connectivity index (χ0v) is 21.3. The van der Waals surface area contributed by atoms with Gasteiger partial charge in [-0.25, -0.2) is 14.4 Å². The van der Waals surface area contributed by atoms with E-state index in [1.165, 1.54) is 6.07 Å². The lowest BCUT2D eigenvalue weighted by Gasteiger charge is -2.13. The number of hydrogen-bond acceptors (Lipinski definition) is 6.